The SMILES string of the molecule is CS(=O)(=O)Nc1ccc(C(=O)c2ccoc2Br)cc1. The Labute approximate surface area is 118 Å². The van der Waals surface area contributed by atoms with Gasteiger partial charge in [-0.3, -0.25) is 9.52 Å². The van der Waals surface area contributed by atoms with Gasteiger partial charge in [-0.15, -0.1) is 0 Å². The van der Waals surface area contributed by atoms with E-state index in [1.165, 1.54) is 18.4 Å². The second-order valence-corrected chi connectivity index (χ2v) is 6.36. The first-order chi connectivity index (χ1) is 8.87. The monoisotopic (exact) mass is 343 g/mol. The third-order valence-corrected chi connectivity index (χ3v) is 3.53. The van der Waals surface area contributed by atoms with Crippen LogP contribution >= 0.6 is 15.9 Å². The van der Waals surface area contributed by atoms with E-state index in [1.54, 1.807) is 18.2 Å². The van der Waals surface area contributed by atoms with E-state index in [1.807, 2.05) is 0 Å². The second kappa shape index (κ2) is 5.18. The van der Waals surface area contributed by atoms with Crippen molar-refractivity contribution in [2.45, 2.75) is 0 Å². The summed E-state index contributed by atoms with van der Waals surface area (Å²) < 4.78 is 29.8. The van der Waals surface area contributed by atoms with Crippen LogP contribution in [0.4, 0.5) is 5.69 Å². The van der Waals surface area contributed by atoms with Crippen LogP contribution in [-0.4, -0.2) is 20.5 Å². The highest BCUT2D eigenvalue weighted by molar-refractivity contribution is 9.10. The zero-order valence-corrected chi connectivity index (χ0v) is 12.3. The maximum atomic E-state index is 12.1. The second-order valence-electron chi connectivity index (χ2n) is 3.89. The van der Waals surface area contributed by atoms with Crippen molar-refractivity contribution >= 4 is 37.4 Å². The largest absolute Gasteiger partial charge is 0.457 e. The smallest absolute Gasteiger partial charge is 0.229 e. The number of carbonyl (C=O) groups excluding carboxylic acids is 1. The molecule has 0 aliphatic carbocycles. The van der Waals surface area contributed by atoms with Gasteiger partial charge in [0, 0.05) is 11.3 Å². The highest BCUT2D eigenvalue weighted by atomic mass is 79.9. The average Bonchev–Trinajstić information content (AvgIpc) is 2.73. The van der Waals surface area contributed by atoms with Crippen LogP contribution in [-0.2, 0) is 10.0 Å². The van der Waals surface area contributed by atoms with E-state index < -0.39 is 10.0 Å². The van der Waals surface area contributed by atoms with E-state index in [2.05, 4.69) is 20.7 Å². The van der Waals surface area contributed by atoms with E-state index in [0.717, 1.165) is 6.26 Å². The first-order valence-corrected chi connectivity index (χ1v) is 7.91. The molecule has 0 amide bonds. The van der Waals surface area contributed by atoms with Gasteiger partial charge in [0.1, 0.15) is 0 Å². The lowest BCUT2D eigenvalue weighted by Crippen LogP contribution is -2.09. The number of hydrogen-bond donors (Lipinski definition) is 1. The molecule has 0 saturated heterocycles. The van der Waals surface area contributed by atoms with E-state index in [0.29, 0.717) is 21.5 Å². The predicted octanol–water partition coefficient (Wildman–Crippen LogP) is 2.64. The van der Waals surface area contributed by atoms with Gasteiger partial charge in [0.25, 0.3) is 0 Å². The first kappa shape index (κ1) is 13.8. The summed E-state index contributed by atoms with van der Waals surface area (Å²) in [6.45, 7) is 0. The normalized spacial score (nSPS) is 11.3. The number of nitrogens with one attached hydrogen (secondary N) is 1. The molecule has 0 atom stereocenters. The predicted molar refractivity (Wildman–Crippen MR) is 74.7 cm³/mol. The molecule has 1 N–H and O–H groups in total. The lowest BCUT2D eigenvalue weighted by atomic mass is 10.1. The van der Waals surface area contributed by atoms with Crippen LogP contribution in [0.1, 0.15) is 15.9 Å². The molecule has 0 fully saturated rings. The van der Waals surface area contributed by atoms with Crippen molar-refractivity contribution in [2.24, 2.45) is 0 Å². The lowest BCUT2D eigenvalue weighted by molar-refractivity contribution is 0.103. The van der Waals surface area contributed by atoms with Gasteiger partial charge < -0.3 is 4.42 Å². The number of ketones is 1. The molecule has 2 aromatic rings. The van der Waals surface area contributed by atoms with Gasteiger partial charge >= 0.3 is 0 Å². The molecule has 0 saturated carbocycles. The average molecular weight is 344 g/mol. The summed E-state index contributed by atoms with van der Waals surface area (Å²) >= 11 is 3.14. The molecule has 7 heteroatoms. The highest BCUT2D eigenvalue weighted by Crippen LogP contribution is 2.22. The summed E-state index contributed by atoms with van der Waals surface area (Å²) in [4.78, 5) is 12.1. The topological polar surface area (TPSA) is 76.4 Å². The van der Waals surface area contributed by atoms with Crippen LogP contribution in [0.25, 0.3) is 0 Å². The molecule has 2 rings (SSSR count). The Kier molecular flexibility index (Phi) is 3.77. The Hall–Kier alpha value is -1.60. The van der Waals surface area contributed by atoms with Crippen LogP contribution in [0.2, 0.25) is 0 Å². The zero-order valence-electron chi connectivity index (χ0n) is 9.88. The van der Waals surface area contributed by atoms with Crippen molar-refractivity contribution in [1.82, 2.24) is 0 Å². The number of sulfonamides is 1. The minimum absolute atomic E-state index is 0.202. The third-order valence-electron chi connectivity index (χ3n) is 2.31. The molecule has 100 valence electrons. The Bertz CT molecular complexity index is 704. The van der Waals surface area contributed by atoms with Gasteiger partial charge in [0.2, 0.25) is 10.0 Å². The van der Waals surface area contributed by atoms with Crippen LogP contribution in [0.5, 0.6) is 0 Å². The van der Waals surface area contributed by atoms with Gasteiger partial charge in [0.15, 0.2) is 10.5 Å². The molecule has 0 aliphatic heterocycles. The molecule has 0 unspecified atom stereocenters. The number of hydrogen-bond acceptors (Lipinski definition) is 4. The lowest BCUT2D eigenvalue weighted by Gasteiger charge is -2.04. The standard InChI is InChI=1S/C12H10BrNO4S/c1-19(16,17)14-9-4-2-8(3-5-9)11(15)10-6-7-18-12(10)13/h2-7,14H,1H3. The summed E-state index contributed by atoms with van der Waals surface area (Å²) in [5.41, 5.74) is 1.27. The van der Waals surface area contributed by atoms with E-state index >= 15 is 0 Å². The molecular weight excluding hydrogens is 334 g/mol. The Balaban J connectivity index is 2.24. The van der Waals surface area contributed by atoms with E-state index in [4.69, 9.17) is 4.42 Å². The van der Waals surface area contributed by atoms with Gasteiger partial charge in [-0.05, 0) is 46.3 Å². The van der Waals surface area contributed by atoms with Crippen molar-refractivity contribution in [3.63, 3.8) is 0 Å². The molecule has 0 spiro atoms. The van der Waals surface area contributed by atoms with Crippen LogP contribution in [0.3, 0.4) is 0 Å². The Morgan fingerprint density at radius 2 is 1.84 bits per heavy atom. The number of carbonyl (C=O) groups is 1. The number of rotatable bonds is 4. The summed E-state index contributed by atoms with van der Waals surface area (Å²) in [6.07, 6.45) is 2.48. The summed E-state index contributed by atoms with van der Waals surface area (Å²) in [5.74, 6) is -0.202. The Morgan fingerprint density at radius 1 is 1.21 bits per heavy atom. The van der Waals surface area contributed by atoms with Crippen molar-refractivity contribution in [3.8, 4) is 0 Å². The molecule has 1 aromatic carbocycles. The highest BCUT2D eigenvalue weighted by Gasteiger charge is 2.14. The molecule has 0 bridgehead atoms. The molecule has 0 aliphatic rings. The third kappa shape index (κ3) is 3.45. The summed E-state index contributed by atoms with van der Waals surface area (Å²) in [5, 5.41) is 0. The molecule has 1 heterocycles. The first-order valence-electron chi connectivity index (χ1n) is 5.22. The van der Waals surface area contributed by atoms with E-state index in [9.17, 15) is 13.2 Å². The number of halogens is 1. The number of furan rings is 1. The van der Waals surface area contributed by atoms with Crippen LogP contribution in [0.15, 0.2) is 45.7 Å². The van der Waals surface area contributed by atoms with Crippen LogP contribution < -0.4 is 4.72 Å². The van der Waals surface area contributed by atoms with Crippen molar-refractivity contribution < 1.29 is 17.6 Å². The van der Waals surface area contributed by atoms with E-state index in [-0.39, 0.29) is 5.78 Å². The Morgan fingerprint density at radius 3 is 2.32 bits per heavy atom. The minimum Gasteiger partial charge on any atom is -0.457 e. The van der Waals surface area contributed by atoms with Gasteiger partial charge in [-0.2, -0.15) is 0 Å². The summed E-state index contributed by atoms with van der Waals surface area (Å²) in [7, 11) is -3.32. The van der Waals surface area contributed by atoms with Crippen molar-refractivity contribution in [1.29, 1.82) is 0 Å². The van der Waals surface area contributed by atoms with Gasteiger partial charge in [0.05, 0.1) is 18.1 Å². The molecule has 19 heavy (non-hydrogen) atoms. The quantitative estimate of drug-likeness (QED) is 0.865. The summed E-state index contributed by atoms with van der Waals surface area (Å²) in [6, 6.07) is 7.73. The van der Waals surface area contributed by atoms with Crippen molar-refractivity contribution in [2.75, 3.05) is 11.0 Å². The minimum atomic E-state index is -3.32. The van der Waals surface area contributed by atoms with Gasteiger partial charge in [-0.25, -0.2) is 8.42 Å². The molecular formula is C12H10BrNO4S. The number of anilines is 1. The fourth-order valence-electron chi connectivity index (χ4n) is 1.51. The van der Waals surface area contributed by atoms with Crippen molar-refractivity contribution in [3.05, 3.63) is 52.4 Å². The van der Waals surface area contributed by atoms with Gasteiger partial charge in [-0.1, -0.05) is 0 Å². The number of benzene rings is 1. The zero-order chi connectivity index (χ0) is 14.0. The fraction of sp³-hybridized carbons (Fsp3) is 0.0833. The fourth-order valence-corrected chi connectivity index (χ4v) is 2.50. The van der Waals surface area contributed by atoms with Crippen LogP contribution in [0, 0.1) is 0 Å². The maximum Gasteiger partial charge on any atom is 0.229 e. The maximum absolute atomic E-state index is 12.1. The molecule has 1 aromatic heterocycles. The molecule has 5 nitrogen and oxygen atoms in total. The molecule has 0 radical (unpaired) electrons.